The first kappa shape index (κ1) is 12.9. The van der Waals surface area contributed by atoms with Gasteiger partial charge in [0.15, 0.2) is 0 Å². The van der Waals surface area contributed by atoms with E-state index < -0.39 is 5.41 Å². The van der Waals surface area contributed by atoms with E-state index in [2.05, 4.69) is 21.2 Å². The van der Waals surface area contributed by atoms with Gasteiger partial charge in [0.1, 0.15) is 5.75 Å². The van der Waals surface area contributed by atoms with Gasteiger partial charge in [0.25, 0.3) is 0 Å². The molecule has 0 unspecified atom stereocenters. The van der Waals surface area contributed by atoms with Gasteiger partial charge >= 0.3 is 0 Å². The predicted octanol–water partition coefficient (Wildman–Crippen LogP) is 3.05. The van der Waals surface area contributed by atoms with Gasteiger partial charge in [-0.15, -0.1) is 0 Å². The third-order valence-corrected chi connectivity index (χ3v) is 4.69. The summed E-state index contributed by atoms with van der Waals surface area (Å²) in [5.74, 6) is -0.00674. The van der Waals surface area contributed by atoms with Crippen LogP contribution >= 0.6 is 15.9 Å². The van der Waals surface area contributed by atoms with Crippen LogP contribution in [0.15, 0.2) is 22.7 Å². The molecule has 2 fully saturated rings. The summed E-state index contributed by atoms with van der Waals surface area (Å²) in [7, 11) is 0. The summed E-state index contributed by atoms with van der Waals surface area (Å²) < 4.78 is 6.54. The minimum Gasteiger partial charge on any atom is -0.506 e. The number of phenols is 1. The van der Waals surface area contributed by atoms with Crippen LogP contribution in [0.2, 0.25) is 0 Å². The number of carbonyl (C=O) groups excluding carboxylic acids is 1. The fourth-order valence-corrected chi connectivity index (χ4v) is 3.39. The highest BCUT2D eigenvalue weighted by atomic mass is 79.9. The fraction of sp³-hybridized carbons (Fsp3) is 0.500. The van der Waals surface area contributed by atoms with E-state index in [4.69, 9.17) is 4.74 Å². The molecule has 1 aromatic carbocycles. The van der Waals surface area contributed by atoms with Gasteiger partial charge in [0.2, 0.25) is 5.91 Å². The molecule has 102 valence electrons. The van der Waals surface area contributed by atoms with E-state index in [-0.39, 0.29) is 23.9 Å². The molecule has 2 aliphatic heterocycles. The lowest BCUT2D eigenvalue weighted by Crippen LogP contribution is -2.41. The maximum Gasteiger partial charge on any atom is 0.233 e. The molecule has 2 saturated heterocycles. The zero-order valence-corrected chi connectivity index (χ0v) is 12.2. The summed E-state index contributed by atoms with van der Waals surface area (Å²) in [6.07, 6.45) is 2.99. The molecule has 1 amide bonds. The third-order valence-electron chi connectivity index (χ3n) is 4.20. The van der Waals surface area contributed by atoms with Gasteiger partial charge in [-0.2, -0.15) is 0 Å². The molecule has 1 aromatic rings. The second-order valence-corrected chi connectivity index (χ2v) is 6.48. The number of fused-ring (bicyclic) bond motifs is 2. The summed E-state index contributed by atoms with van der Waals surface area (Å²) in [5.41, 5.74) is -0.0418. The Kier molecular flexibility index (Phi) is 3.06. The summed E-state index contributed by atoms with van der Waals surface area (Å²) in [6, 6.07) is 5.04. The number of anilines is 1. The Labute approximate surface area is 120 Å². The van der Waals surface area contributed by atoms with Gasteiger partial charge in [-0.1, -0.05) is 15.9 Å². The molecule has 2 heterocycles. The molecular weight excluding hydrogens is 310 g/mol. The number of phenolic OH excluding ortho intramolecular Hbond substituents is 1. The lowest BCUT2D eigenvalue weighted by Gasteiger charge is -2.29. The molecule has 3 atom stereocenters. The first-order chi connectivity index (χ1) is 8.99. The van der Waals surface area contributed by atoms with Gasteiger partial charge in [-0.3, -0.25) is 4.79 Å². The van der Waals surface area contributed by atoms with Gasteiger partial charge in [-0.25, -0.2) is 0 Å². The van der Waals surface area contributed by atoms with E-state index in [9.17, 15) is 9.90 Å². The van der Waals surface area contributed by atoms with Crippen molar-refractivity contribution in [1.29, 1.82) is 0 Å². The van der Waals surface area contributed by atoms with Crippen molar-refractivity contribution in [3.63, 3.8) is 0 Å². The first-order valence-electron chi connectivity index (χ1n) is 6.44. The molecule has 4 nitrogen and oxygen atoms in total. The molecule has 0 aliphatic carbocycles. The highest BCUT2D eigenvalue weighted by Gasteiger charge is 2.53. The quantitative estimate of drug-likeness (QED) is 0.821. The fourth-order valence-electron chi connectivity index (χ4n) is 3.04. The Morgan fingerprint density at radius 3 is 2.89 bits per heavy atom. The van der Waals surface area contributed by atoms with Gasteiger partial charge in [0.05, 0.1) is 23.3 Å². The van der Waals surface area contributed by atoms with Crippen LogP contribution in [0.25, 0.3) is 0 Å². The molecule has 2 aliphatic rings. The van der Waals surface area contributed by atoms with Crippen LogP contribution in [0.4, 0.5) is 5.69 Å². The maximum absolute atomic E-state index is 12.4. The summed E-state index contributed by atoms with van der Waals surface area (Å²) in [4.78, 5) is 12.4. The van der Waals surface area contributed by atoms with Crippen molar-refractivity contribution in [1.82, 2.24) is 0 Å². The monoisotopic (exact) mass is 325 g/mol. The molecule has 3 rings (SSSR count). The Morgan fingerprint density at radius 1 is 1.53 bits per heavy atom. The number of hydrogen-bond acceptors (Lipinski definition) is 3. The number of benzene rings is 1. The predicted molar refractivity (Wildman–Crippen MR) is 75.1 cm³/mol. The second-order valence-electron chi connectivity index (χ2n) is 5.56. The molecule has 0 radical (unpaired) electrons. The zero-order valence-electron chi connectivity index (χ0n) is 10.6. The van der Waals surface area contributed by atoms with Crippen LogP contribution in [0, 0.1) is 5.41 Å². The number of carbonyl (C=O) groups is 1. The number of nitrogens with one attached hydrogen (secondary N) is 1. The Hall–Kier alpha value is -1.07. The van der Waals surface area contributed by atoms with Crippen LogP contribution in [-0.2, 0) is 9.53 Å². The van der Waals surface area contributed by atoms with Crippen molar-refractivity contribution < 1.29 is 14.6 Å². The summed E-state index contributed by atoms with van der Waals surface area (Å²) in [6.45, 7) is 1.95. The number of hydrogen-bond donors (Lipinski definition) is 2. The Balaban J connectivity index is 1.78. The van der Waals surface area contributed by atoms with Crippen molar-refractivity contribution in [3.8, 4) is 5.75 Å². The topological polar surface area (TPSA) is 58.6 Å². The van der Waals surface area contributed by atoms with Crippen LogP contribution in [0.3, 0.4) is 0 Å². The van der Waals surface area contributed by atoms with Gasteiger partial charge < -0.3 is 15.2 Å². The van der Waals surface area contributed by atoms with Crippen LogP contribution in [0.1, 0.15) is 26.2 Å². The van der Waals surface area contributed by atoms with Crippen LogP contribution in [0.5, 0.6) is 5.75 Å². The number of amides is 1. The van der Waals surface area contributed by atoms with Crippen molar-refractivity contribution >= 4 is 27.5 Å². The van der Waals surface area contributed by atoms with Crippen LogP contribution in [-0.4, -0.2) is 23.2 Å². The number of aromatic hydroxyl groups is 1. The smallest absolute Gasteiger partial charge is 0.233 e. The zero-order chi connectivity index (χ0) is 13.6. The summed E-state index contributed by atoms with van der Waals surface area (Å²) >= 11 is 3.27. The number of halogens is 1. The summed E-state index contributed by atoms with van der Waals surface area (Å²) in [5, 5.41) is 12.6. The maximum atomic E-state index is 12.4. The number of ether oxygens (including phenoxy) is 1. The molecule has 0 aromatic heterocycles. The molecular formula is C14H16BrNO3. The van der Waals surface area contributed by atoms with E-state index in [1.165, 1.54) is 0 Å². The van der Waals surface area contributed by atoms with E-state index in [1.54, 1.807) is 18.2 Å². The molecule has 5 heteroatoms. The molecule has 19 heavy (non-hydrogen) atoms. The second kappa shape index (κ2) is 4.49. The van der Waals surface area contributed by atoms with Crippen molar-refractivity contribution in [3.05, 3.63) is 22.7 Å². The average Bonchev–Trinajstić information content (AvgIpc) is 2.93. The van der Waals surface area contributed by atoms with Crippen molar-refractivity contribution in [2.45, 2.75) is 38.4 Å². The lowest BCUT2D eigenvalue weighted by molar-refractivity contribution is -0.127. The highest BCUT2D eigenvalue weighted by molar-refractivity contribution is 9.10. The lowest BCUT2D eigenvalue weighted by atomic mass is 9.75. The molecule has 0 saturated carbocycles. The molecule has 0 spiro atoms. The van der Waals surface area contributed by atoms with E-state index in [0.29, 0.717) is 5.69 Å². The molecule has 2 N–H and O–H groups in total. The average molecular weight is 326 g/mol. The van der Waals surface area contributed by atoms with Crippen molar-refractivity contribution in [2.75, 3.05) is 5.32 Å². The molecule has 2 bridgehead atoms. The van der Waals surface area contributed by atoms with Gasteiger partial charge in [0, 0.05) is 4.47 Å². The highest BCUT2D eigenvalue weighted by Crippen LogP contribution is 2.48. The third kappa shape index (κ3) is 2.15. The largest absolute Gasteiger partial charge is 0.506 e. The first-order valence-corrected chi connectivity index (χ1v) is 7.24. The standard InChI is InChI=1S/C14H16BrNO3/c1-14(7-9-3-5-12(14)19-9)13(18)16-10-4-2-8(15)6-11(10)17/h2,4,6,9,12,17H,3,5,7H2,1H3,(H,16,18)/t9-,12-,14-/m1/s1. The Morgan fingerprint density at radius 2 is 2.32 bits per heavy atom. The normalized spacial score (nSPS) is 32.5. The number of rotatable bonds is 2. The van der Waals surface area contributed by atoms with E-state index in [1.807, 2.05) is 6.92 Å². The Bertz CT molecular complexity index is 533. The minimum atomic E-state index is -0.484. The van der Waals surface area contributed by atoms with Gasteiger partial charge in [-0.05, 0) is 44.4 Å². The minimum absolute atomic E-state index is 0.00934. The van der Waals surface area contributed by atoms with E-state index >= 15 is 0 Å². The van der Waals surface area contributed by atoms with Crippen molar-refractivity contribution in [2.24, 2.45) is 5.41 Å². The van der Waals surface area contributed by atoms with Crippen LogP contribution < -0.4 is 5.32 Å². The SMILES string of the molecule is C[C@@]1(C(=O)Nc2ccc(Br)cc2O)C[C@H]2CC[C@H]1O2. The van der Waals surface area contributed by atoms with E-state index in [0.717, 1.165) is 23.7 Å².